The van der Waals surface area contributed by atoms with Crippen LogP contribution in [0.4, 0.5) is 0 Å². The molecule has 17 heavy (non-hydrogen) atoms. The lowest BCUT2D eigenvalue weighted by Gasteiger charge is -2.09. The van der Waals surface area contributed by atoms with E-state index in [0.717, 1.165) is 16.9 Å². The van der Waals surface area contributed by atoms with Crippen molar-refractivity contribution in [2.45, 2.75) is 20.8 Å². The number of hydrogen-bond acceptors (Lipinski definition) is 3. The Labute approximate surface area is 99.3 Å². The molecule has 1 N–H and O–H groups in total. The van der Waals surface area contributed by atoms with Crippen molar-refractivity contribution < 1.29 is 4.74 Å². The van der Waals surface area contributed by atoms with Gasteiger partial charge in [0.25, 0.3) is 5.56 Å². The molecule has 0 aliphatic heterocycles. The zero-order valence-corrected chi connectivity index (χ0v) is 10.1. The first-order valence-electron chi connectivity index (χ1n) is 5.38. The van der Waals surface area contributed by atoms with Gasteiger partial charge in [-0.25, -0.2) is 4.98 Å². The third-order valence-electron chi connectivity index (χ3n) is 2.61. The molecule has 0 atom stereocenters. The van der Waals surface area contributed by atoms with Crippen LogP contribution < -0.4 is 10.3 Å². The molecule has 1 heterocycles. The van der Waals surface area contributed by atoms with Crippen LogP contribution in [0.1, 0.15) is 17.0 Å². The SMILES string of the molecule is Cc1nc(Oc2cccc(C)c2C)cc(=O)[nH]1. The Balaban J connectivity index is 2.38. The molecule has 1 aromatic heterocycles. The molecule has 0 aliphatic rings. The van der Waals surface area contributed by atoms with Crippen molar-refractivity contribution in [3.8, 4) is 11.6 Å². The molecule has 4 nitrogen and oxygen atoms in total. The number of aromatic nitrogens is 2. The fraction of sp³-hybridized carbons (Fsp3) is 0.231. The first kappa shape index (κ1) is 11.4. The molecule has 0 aliphatic carbocycles. The number of benzene rings is 1. The van der Waals surface area contributed by atoms with Crippen LogP contribution in [0.2, 0.25) is 0 Å². The highest BCUT2D eigenvalue weighted by Gasteiger charge is 2.05. The van der Waals surface area contributed by atoms with E-state index in [1.54, 1.807) is 6.92 Å². The van der Waals surface area contributed by atoms with Crippen LogP contribution >= 0.6 is 0 Å². The van der Waals surface area contributed by atoms with Crippen LogP contribution in [0.3, 0.4) is 0 Å². The zero-order valence-electron chi connectivity index (χ0n) is 10.1. The van der Waals surface area contributed by atoms with Crippen LogP contribution in [0, 0.1) is 20.8 Å². The van der Waals surface area contributed by atoms with Gasteiger partial charge in [0.15, 0.2) is 0 Å². The van der Waals surface area contributed by atoms with E-state index in [0.29, 0.717) is 11.7 Å². The average Bonchev–Trinajstić information content (AvgIpc) is 2.23. The molecule has 2 rings (SSSR count). The Morgan fingerprint density at radius 2 is 2.00 bits per heavy atom. The van der Waals surface area contributed by atoms with E-state index in [1.807, 2.05) is 32.0 Å². The van der Waals surface area contributed by atoms with E-state index < -0.39 is 0 Å². The third-order valence-corrected chi connectivity index (χ3v) is 2.61. The van der Waals surface area contributed by atoms with Crippen LogP contribution in [-0.2, 0) is 0 Å². The van der Waals surface area contributed by atoms with Gasteiger partial charge in [0.1, 0.15) is 11.6 Å². The monoisotopic (exact) mass is 230 g/mol. The lowest BCUT2D eigenvalue weighted by atomic mass is 10.1. The molecule has 0 amide bonds. The molecular weight excluding hydrogens is 216 g/mol. The molecule has 0 radical (unpaired) electrons. The molecule has 0 fully saturated rings. The van der Waals surface area contributed by atoms with Crippen molar-refractivity contribution >= 4 is 0 Å². The summed E-state index contributed by atoms with van der Waals surface area (Å²) in [6.07, 6.45) is 0. The highest BCUT2D eigenvalue weighted by Crippen LogP contribution is 2.24. The minimum Gasteiger partial charge on any atom is -0.438 e. The highest BCUT2D eigenvalue weighted by atomic mass is 16.5. The van der Waals surface area contributed by atoms with E-state index in [-0.39, 0.29) is 5.56 Å². The van der Waals surface area contributed by atoms with E-state index in [1.165, 1.54) is 6.07 Å². The molecule has 4 heteroatoms. The maximum Gasteiger partial charge on any atom is 0.254 e. The van der Waals surface area contributed by atoms with Crippen molar-refractivity contribution in [3.63, 3.8) is 0 Å². The number of H-pyrrole nitrogens is 1. The quantitative estimate of drug-likeness (QED) is 0.862. The zero-order chi connectivity index (χ0) is 12.4. The first-order valence-corrected chi connectivity index (χ1v) is 5.38. The van der Waals surface area contributed by atoms with E-state index in [4.69, 9.17) is 4.74 Å². The number of hydrogen-bond donors (Lipinski definition) is 1. The summed E-state index contributed by atoms with van der Waals surface area (Å²) in [5, 5.41) is 0. The van der Waals surface area contributed by atoms with Gasteiger partial charge in [-0.3, -0.25) is 4.79 Å². The van der Waals surface area contributed by atoms with Gasteiger partial charge >= 0.3 is 0 Å². The Morgan fingerprint density at radius 3 is 2.71 bits per heavy atom. The van der Waals surface area contributed by atoms with Crippen molar-refractivity contribution in [1.29, 1.82) is 0 Å². The summed E-state index contributed by atoms with van der Waals surface area (Å²) in [4.78, 5) is 18.0. The van der Waals surface area contributed by atoms with E-state index in [9.17, 15) is 4.79 Å². The summed E-state index contributed by atoms with van der Waals surface area (Å²) in [5.74, 6) is 1.58. The Morgan fingerprint density at radius 1 is 1.24 bits per heavy atom. The summed E-state index contributed by atoms with van der Waals surface area (Å²) in [5.41, 5.74) is 1.98. The second-order valence-electron chi connectivity index (χ2n) is 3.97. The van der Waals surface area contributed by atoms with Gasteiger partial charge in [-0.2, -0.15) is 0 Å². The van der Waals surface area contributed by atoms with Crippen LogP contribution in [-0.4, -0.2) is 9.97 Å². The van der Waals surface area contributed by atoms with Gasteiger partial charge in [0.2, 0.25) is 5.88 Å². The van der Waals surface area contributed by atoms with Gasteiger partial charge in [0, 0.05) is 0 Å². The summed E-state index contributed by atoms with van der Waals surface area (Å²) in [7, 11) is 0. The lowest BCUT2D eigenvalue weighted by Crippen LogP contribution is -2.08. The smallest absolute Gasteiger partial charge is 0.254 e. The molecule has 0 saturated heterocycles. The van der Waals surface area contributed by atoms with Gasteiger partial charge in [-0.05, 0) is 38.0 Å². The van der Waals surface area contributed by atoms with Crippen LogP contribution in [0.25, 0.3) is 0 Å². The number of ether oxygens (including phenoxy) is 1. The fourth-order valence-electron chi connectivity index (χ4n) is 1.55. The third kappa shape index (κ3) is 2.53. The first-order chi connectivity index (χ1) is 8.06. The highest BCUT2D eigenvalue weighted by molar-refractivity contribution is 5.40. The van der Waals surface area contributed by atoms with Crippen LogP contribution in [0.5, 0.6) is 11.6 Å². The summed E-state index contributed by atoms with van der Waals surface area (Å²) >= 11 is 0. The normalized spacial score (nSPS) is 10.3. The fourth-order valence-corrected chi connectivity index (χ4v) is 1.55. The van der Waals surface area contributed by atoms with Gasteiger partial charge in [0.05, 0.1) is 6.07 Å². The van der Waals surface area contributed by atoms with E-state index in [2.05, 4.69) is 9.97 Å². The summed E-state index contributed by atoms with van der Waals surface area (Å²) in [6, 6.07) is 7.13. The van der Waals surface area contributed by atoms with Gasteiger partial charge in [-0.1, -0.05) is 12.1 Å². The van der Waals surface area contributed by atoms with Gasteiger partial charge < -0.3 is 9.72 Å². The summed E-state index contributed by atoms with van der Waals surface area (Å²) < 4.78 is 5.62. The summed E-state index contributed by atoms with van der Waals surface area (Å²) in [6.45, 7) is 5.71. The maximum atomic E-state index is 11.3. The predicted molar refractivity (Wildman–Crippen MR) is 65.6 cm³/mol. The standard InChI is InChI=1S/C13H14N2O2/c1-8-5-4-6-11(9(8)2)17-13-7-12(16)14-10(3)15-13/h4-7H,1-3H3,(H,14,15,16). The Hall–Kier alpha value is -2.10. The number of nitrogens with one attached hydrogen (secondary N) is 1. The minimum atomic E-state index is -0.210. The van der Waals surface area contributed by atoms with Crippen molar-refractivity contribution in [2.75, 3.05) is 0 Å². The predicted octanol–water partition coefficient (Wildman–Crippen LogP) is 2.49. The molecule has 1 aromatic carbocycles. The van der Waals surface area contributed by atoms with Crippen molar-refractivity contribution in [3.05, 3.63) is 51.6 Å². The number of rotatable bonds is 2. The van der Waals surface area contributed by atoms with Crippen LogP contribution in [0.15, 0.2) is 29.1 Å². The Kier molecular flexibility index (Phi) is 2.95. The Bertz CT molecular complexity index is 603. The van der Waals surface area contributed by atoms with E-state index >= 15 is 0 Å². The molecule has 0 spiro atoms. The average molecular weight is 230 g/mol. The van der Waals surface area contributed by atoms with Crippen molar-refractivity contribution in [2.24, 2.45) is 0 Å². The molecular formula is C13H14N2O2. The minimum absolute atomic E-state index is 0.210. The van der Waals surface area contributed by atoms with Crippen molar-refractivity contribution in [1.82, 2.24) is 9.97 Å². The molecule has 88 valence electrons. The lowest BCUT2D eigenvalue weighted by molar-refractivity contribution is 0.455. The maximum absolute atomic E-state index is 11.3. The largest absolute Gasteiger partial charge is 0.438 e. The second kappa shape index (κ2) is 4.41. The molecule has 0 unspecified atom stereocenters. The molecule has 0 saturated carbocycles. The number of nitrogens with zero attached hydrogens (tertiary/aromatic N) is 1. The number of aryl methyl sites for hydroxylation is 2. The second-order valence-corrected chi connectivity index (χ2v) is 3.97. The van der Waals surface area contributed by atoms with Gasteiger partial charge in [-0.15, -0.1) is 0 Å². The molecule has 0 bridgehead atoms. The topological polar surface area (TPSA) is 55.0 Å². The molecule has 2 aromatic rings. The number of aromatic amines is 1.